The molecule has 1 aromatic carbocycles. The monoisotopic (exact) mass is 353 g/mol. The summed E-state index contributed by atoms with van der Waals surface area (Å²) in [7, 11) is 1.73. The SMILES string of the molecule is Cn1ccc(C(=O)/C=C/c2ccc(COc3ccccc3[N+](=O)[O-])o2)n1. The highest BCUT2D eigenvalue weighted by Gasteiger charge is 2.14. The zero-order valence-electron chi connectivity index (χ0n) is 13.9. The summed E-state index contributed by atoms with van der Waals surface area (Å²) in [4.78, 5) is 22.4. The van der Waals surface area contributed by atoms with Crippen molar-refractivity contribution in [3.63, 3.8) is 0 Å². The Bertz CT molecular complexity index is 971. The first kappa shape index (κ1) is 17.2. The van der Waals surface area contributed by atoms with E-state index in [1.54, 1.807) is 48.3 Å². The van der Waals surface area contributed by atoms with E-state index in [4.69, 9.17) is 9.15 Å². The van der Waals surface area contributed by atoms with Gasteiger partial charge in [0.1, 0.15) is 23.8 Å². The van der Waals surface area contributed by atoms with Gasteiger partial charge in [-0.3, -0.25) is 19.6 Å². The molecule has 0 saturated heterocycles. The molecule has 3 rings (SSSR count). The fourth-order valence-electron chi connectivity index (χ4n) is 2.23. The van der Waals surface area contributed by atoms with E-state index in [9.17, 15) is 14.9 Å². The average Bonchev–Trinajstić information content (AvgIpc) is 3.27. The largest absolute Gasteiger partial charge is 0.479 e. The molecule has 2 aromatic heterocycles. The van der Waals surface area contributed by atoms with E-state index >= 15 is 0 Å². The van der Waals surface area contributed by atoms with Crippen LogP contribution in [0.2, 0.25) is 0 Å². The number of para-hydroxylation sites is 2. The number of hydrogen-bond donors (Lipinski definition) is 0. The predicted octanol–water partition coefficient (Wildman–Crippen LogP) is 3.40. The van der Waals surface area contributed by atoms with Gasteiger partial charge in [-0.15, -0.1) is 0 Å². The van der Waals surface area contributed by atoms with Crippen molar-refractivity contribution in [2.45, 2.75) is 6.61 Å². The maximum absolute atomic E-state index is 12.0. The second-order valence-electron chi connectivity index (χ2n) is 5.39. The molecule has 26 heavy (non-hydrogen) atoms. The topological polar surface area (TPSA) is 100 Å². The molecule has 8 heteroatoms. The van der Waals surface area contributed by atoms with Crippen molar-refractivity contribution >= 4 is 17.5 Å². The van der Waals surface area contributed by atoms with Crippen molar-refractivity contribution in [1.82, 2.24) is 9.78 Å². The number of ether oxygens (including phenoxy) is 1. The molecule has 0 amide bonds. The number of benzene rings is 1. The van der Waals surface area contributed by atoms with Crippen LogP contribution in [0.15, 0.2) is 59.2 Å². The smallest absolute Gasteiger partial charge is 0.310 e. The Morgan fingerprint density at radius 2 is 2.12 bits per heavy atom. The molecule has 2 heterocycles. The number of hydrogen-bond acceptors (Lipinski definition) is 6. The van der Waals surface area contributed by atoms with Crippen molar-refractivity contribution in [3.05, 3.63) is 82.1 Å². The summed E-state index contributed by atoms with van der Waals surface area (Å²) in [6.07, 6.45) is 4.59. The summed E-state index contributed by atoms with van der Waals surface area (Å²) in [5.74, 6) is 0.875. The molecule has 0 bridgehead atoms. The third kappa shape index (κ3) is 4.04. The molecule has 0 radical (unpaired) electrons. The van der Waals surface area contributed by atoms with Crippen LogP contribution in [0.5, 0.6) is 5.75 Å². The van der Waals surface area contributed by atoms with Gasteiger partial charge in [0.25, 0.3) is 0 Å². The second kappa shape index (κ2) is 7.47. The first-order valence-electron chi connectivity index (χ1n) is 7.70. The first-order valence-corrected chi connectivity index (χ1v) is 7.70. The zero-order valence-corrected chi connectivity index (χ0v) is 13.9. The quantitative estimate of drug-likeness (QED) is 0.279. The van der Waals surface area contributed by atoms with Crippen LogP contribution in [0.3, 0.4) is 0 Å². The van der Waals surface area contributed by atoms with E-state index in [2.05, 4.69) is 5.10 Å². The number of nitro benzene ring substituents is 1. The van der Waals surface area contributed by atoms with Gasteiger partial charge in [0.2, 0.25) is 5.78 Å². The van der Waals surface area contributed by atoms with Gasteiger partial charge in [-0.25, -0.2) is 0 Å². The number of nitro groups is 1. The third-order valence-corrected chi connectivity index (χ3v) is 3.48. The highest BCUT2D eigenvalue weighted by Crippen LogP contribution is 2.26. The second-order valence-corrected chi connectivity index (χ2v) is 5.39. The number of furan rings is 1. The van der Waals surface area contributed by atoms with Crippen LogP contribution in [0.1, 0.15) is 22.0 Å². The number of rotatable bonds is 7. The van der Waals surface area contributed by atoms with Crippen molar-refractivity contribution in [2.75, 3.05) is 0 Å². The minimum atomic E-state index is -0.505. The summed E-state index contributed by atoms with van der Waals surface area (Å²) >= 11 is 0. The predicted molar refractivity (Wildman–Crippen MR) is 92.7 cm³/mol. The molecule has 0 spiro atoms. The summed E-state index contributed by atoms with van der Waals surface area (Å²) in [6, 6.07) is 11.1. The molecule has 0 aliphatic heterocycles. The Morgan fingerprint density at radius 1 is 1.31 bits per heavy atom. The molecule has 8 nitrogen and oxygen atoms in total. The van der Waals surface area contributed by atoms with E-state index in [1.165, 1.54) is 24.3 Å². The highest BCUT2D eigenvalue weighted by molar-refractivity contribution is 6.05. The summed E-state index contributed by atoms with van der Waals surface area (Å²) in [6.45, 7) is 0.0346. The van der Waals surface area contributed by atoms with Crippen molar-refractivity contribution in [2.24, 2.45) is 7.05 Å². The summed E-state index contributed by atoms with van der Waals surface area (Å²) in [5, 5.41) is 15.0. The van der Waals surface area contributed by atoms with Gasteiger partial charge in [-0.05, 0) is 36.4 Å². The number of aromatic nitrogens is 2. The fourth-order valence-corrected chi connectivity index (χ4v) is 2.23. The van der Waals surface area contributed by atoms with Crippen molar-refractivity contribution in [3.8, 4) is 5.75 Å². The lowest BCUT2D eigenvalue weighted by atomic mass is 10.2. The van der Waals surface area contributed by atoms with Crippen LogP contribution in [-0.4, -0.2) is 20.5 Å². The molecule has 0 aliphatic carbocycles. The van der Waals surface area contributed by atoms with Gasteiger partial charge < -0.3 is 9.15 Å². The lowest BCUT2D eigenvalue weighted by molar-refractivity contribution is -0.386. The summed E-state index contributed by atoms with van der Waals surface area (Å²) in [5.41, 5.74) is 0.232. The van der Waals surface area contributed by atoms with Gasteiger partial charge >= 0.3 is 5.69 Å². The average molecular weight is 353 g/mol. The number of aryl methyl sites for hydroxylation is 1. The highest BCUT2D eigenvalue weighted by atomic mass is 16.6. The van der Waals surface area contributed by atoms with E-state index in [0.717, 1.165) is 0 Å². The molecule has 3 aromatic rings. The lowest BCUT2D eigenvalue weighted by Gasteiger charge is -2.04. The lowest BCUT2D eigenvalue weighted by Crippen LogP contribution is -1.98. The number of ketones is 1. The Morgan fingerprint density at radius 3 is 2.85 bits per heavy atom. The Labute approximate surface area is 148 Å². The van der Waals surface area contributed by atoms with E-state index in [1.807, 2.05) is 0 Å². The summed E-state index contributed by atoms with van der Waals surface area (Å²) < 4.78 is 12.5. The molecule has 0 fully saturated rings. The number of carbonyl (C=O) groups is 1. The van der Waals surface area contributed by atoms with E-state index in [-0.39, 0.29) is 23.8 Å². The van der Waals surface area contributed by atoms with Crippen LogP contribution in [0, 0.1) is 10.1 Å². The minimum Gasteiger partial charge on any atom is -0.479 e. The maximum atomic E-state index is 12.0. The Kier molecular flexibility index (Phi) is 4.93. The van der Waals surface area contributed by atoms with Gasteiger partial charge in [0.05, 0.1) is 4.92 Å². The number of carbonyl (C=O) groups excluding carboxylic acids is 1. The van der Waals surface area contributed by atoms with Crippen molar-refractivity contribution in [1.29, 1.82) is 0 Å². The number of allylic oxidation sites excluding steroid dienone is 1. The zero-order chi connectivity index (χ0) is 18.5. The number of nitrogens with zero attached hydrogens (tertiary/aromatic N) is 3. The van der Waals surface area contributed by atoms with E-state index < -0.39 is 4.92 Å². The Hall–Kier alpha value is -3.68. The van der Waals surface area contributed by atoms with Gasteiger partial charge in [-0.2, -0.15) is 5.10 Å². The van der Waals surface area contributed by atoms with Crippen LogP contribution in [-0.2, 0) is 13.7 Å². The van der Waals surface area contributed by atoms with Gasteiger partial charge in [0, 0.05) is 19.3 Å². The molecule has 0 N–H and O–H groups in total. The van der Waals surface area contributed by atoms with Crippen LogP contribution in [0.4, 0.5) is 5.69 Å². The maximum Gasteiger partial charge on any atom is 0.310 e. The molecular formula is C18H15N3O5. The Balaban J connectivity index is 1.62. The molecule has 132 valence electrons. The third-order valence-electron chi connectivity index (χ3n) is 3.48. The molecular weight excluding hydrogens is 338 g/mol. The van der Waals surface area contributed by atoms with Crippen LogP contribution >= 0.6 is 0 Å². The first-order chi connectivity index (χ1) is 12.5. The normalized spacial score (nSPS) is 11.0. The standard InChI is InChI=1S/C18H15N3O5/c1-20-11-10-15(19-20)17(22)9-8-13-6-7-14(26-13)12-25-18-5-3-2-4-16(18)21(23)24/h2-11H,12H2,1H3/b9-8+. The molecule has 0 unspecified atom stereocenters. The fraction of sp³-hybridized carbons (Fsp3) is 0.111. The molecule has 0 atom stereocenters. The molecule has 0 saturated carbocycles. The van der Waals surface area contributed by atoms with Crippen LogP contribution in [0.25, 0.3) is 6.08 Å². The molecule has 0 aliphatic rings. The van der Waals surface area contributed by atoms with Gasteiger partial charge in [-0.1, -0.05) is 12.1 Å². The van der Waals surface area contributed by atoms with Crippen LogP contribution < -0.4 is 4.74 Å². The van der Waals surface area contributed by atoms with Crippen molar-refractivity contribution < 1.29 is 18.9 Å². The van der Waals surface area contributed by atoms with E-state index in [0.29, 0.717) is 17.2 Å². The van der Waals surface area contributed by atoms with Gasteiger partial charge in [0.15, 0.2) is 5.75 Å². The minimum absolute atomic E-state index is 0.0346.